The molecule has 0 aliphatic heterocycles. The third-order valence-electron chi connectivity index (χ3n) is 4.63. The van der Waals surface area contributed by atoms with E-state index in [0.29, 0.717) is 16.1 Å². The maximum Gasteiger partial charge on any atom is 0.124 e. The SMILES string of the molecule is [2H]C([2H])([2H])c1ccc2c(n1)sc1c(-c3cc(-c4ccccc4)c(C([2H])([2H])[2H])cn3)cccc12. The van der Waals surface area contributed by atoms with E-state index >= 15 is 0 Å². The molecule has 0 radical (unpaired) electrons. The first kappa shape index (κ1) is 11.0. The molecular formula is C24H18N2S. The van der Waals surface area contributed by atoms with Gasteiger partial charge in [-0.1, -0.05) is 48.5 Å². The van der Waals surface area contributed by atoms with Crippen LogP contribution in [0.4, 0.5) is 0 Å². The highest BCUT2D eigenvalue weighted by atomic mass is 32.1. The molecule has 27 heavy (non-hydrogen) atoms. The van der Waals surface area contributed by atoms with E-state index in [2.05, 4.69) is 9.97 Å². The van der Waals surface area contributed by atoms with E-state index in [0.717, 1.165) is 26.6 Å². The molecule has 3 aromatic heterocycles. The minimum absolute atomic E-state index is 0.0645. The number of rotatable bonds is 2. The normalized spacial score (nSPS) is 15.6. The van der Waals surface area contributed by atoms with Gasteiger partial charge >= 0.3 is 0 Å². The second-order valence-electron chi connectivity index (χ2n) is 6.31. The Bertz CT molecular complexity index is 1490. The van der Waals surface area contributed by atoms with Gasteiger partial charge in [-0.05, 0) is 48.6 Å². The van der Waals surface area contributed by atoms with Crippen LogP contribution in [0.1, 0.15) is 19.5 Å². The molecule has 0 unspecified atom stereocenters. The first-order chi connectivity index (χ1) is 15.6. The molecule has 3 heteroatoms. The average molecular weight is 373 g/mol. The van der Waals surface area contributed by atoms with Crippen LogP contribution in [-0.4, -0.2) is 9.97 Å². The Morgan fingerprint density at radius 3 is 2.63 bits per heavy atom. The highest BCUT2D eigenvalue weighted by Gasteiger charge is 2.13. The molecule has 5 aromatic rings. The van der Waals surface area contributed by atoms with Crippen LogP contribution >= 0.6 is 11.3 Å². The molecule has 2 nitrogen and oxygen atoms in total. The fourth-order valence-corrected chi connectivity index (χ4v) is 4.54. The molecule has 0 spiro atoms. The Kier molecular flexibility index (Phi) is 2.55. The summed E-state index contributed by atoms with van der Waals surface area (Å²) in [7, 11) is 0. The van der Waals surface area contributed by atoms with Gasteiger partial charge in [0.05, 0.1) is 5.69 Å². The number of hydrogen-bond donors (Lipinski definition) is 0. The molecule has 0 atom stereocenters. The minimum Gasteiger partial charge on any atom is -0.256 e. The lowest BCUT2D eigenvalue weighted by molar-refractivity contribution is 1.27. The number of hydrogen-bond acceptors (Lipinski definition) is 3. The van der Waals surface area contributed by atoms with Crippen LogP contribution in [0.25, 0.3) is 42.7 Å². The number of fused-ring (bicyclic) bond motifs is 3. The first-order valence-corrected chi connectivity index (χ1v) is 9.34. The minimum atomic E-state index is -2.30. The summed E-state index contributed by atoms with van der Waals surface area (Å²) in [4.78, 5) is 9.55. The summed E-state index contributed by atoms with van der Waals surface area (Å²) in [6.07, 6.45) is 1.43. The molecule has 0 bridgehead atoms. The highest BCUT2D eigenvalue weighted by Crippen LogP contribution is 2.39. The second kappa shape index (κ2) is 6.29. The van der Waals surface area contributed by atoms with Gasteiger partial charge in [0.1, 0.15) is 4.83 Å². The summed E-state index contributed by atoms with van der Waals surface area (Å²) in [5.41, 5.74) is 3.18. The summed E-state index contributed by atoms with van der Waals surface area (Å²) >= 11 is 1.41. The zero-order valence-electron chi connectivity index (χ0n) is 20.2. The Hall–Kier alpha value is -3.04. The summed E-state index contributed by atoms with van der Waals surface area (Å²) < 4.78 is 47.8. The van der Waals surface area contributed by atoms with Crippen LogP contribution in [0.5, 0.6) is 0 Å². The molecule has 0 aliphatic carbocycles. The van der Waals surface area contributed by atoms with Crippen molar-refractivity contribution in [2.75, 3.05) is 0 Å². The number of thiophene rings is 1. The van der Waals surface area contributed by atoms with Crippen LogP contribution < -0.4 is 0 Å². The standard InChI is InChI=1S/C24H18N2S/c1-15-14-25-22(13-21(15)17-7-4-3-5-8-17)20-10-6-9-18-19-12-11-16(2)26-24(19)27-23(18)20/h3-14H,1-2H3/i1D3,2D3. The summed E-state index contributed by atoms with van der Waals surface area (Å²) in [6, 6.07) is 20.4. The predicted molar refractivity (Wildman–Crippen MR) is 115 cm³/mol. The van der Waals surface area contributed by atoms with E-state index in [4.69, 9.17) is 8.22 Å². The van der Waals surface area contributed by atoms with Crippen LogP contribution in [0.15, 0.2) is 72.9 Å². The van der Waals surface area contributed by atoms with Crippen molar-refractivity contribution >= 4 is 31.6 Å². The first-order valence-electron chi connectivity index (χ1n) is 11.5. The zero-order valence-corrected chi connectivity index (χ0v) is 15.0. The molecule has 0 saturated carbocycles. The van der Waals surface area contributed by atoms with Crippen molar-refractivity contribution < 1.29 is 8.22 Å². The van der Waals surface area contributed by atoms with E-state index in [9.17, 15) is 0 Å². The molecule has 0 aliphatic rings. The van der Waals surface area contributed by atoms with Crippen molar-refractivity contribution in [1.82, 2.24) is 9.97 Å². The molecule has 0 saturated heterocycles. The average Bonchev–Trinajstić information content (AvgIpc) is 3.16. The predicted octanol–water partition coefficient (Wildman–Crippen LogP) is 6.80. The van der Waals surface area contributed by atoms with E-state index < -0.39 is 13.7 Å². The molecule has 3 heterocycles. The Balaban J connectivity index is 1.74. The van der Waals surface area contributed by atoms with Crippen molar-refractivity contribution in [3.05, 3.63) is 84.2 Å². The van der Waals surface area contributed by atoms with Gasteiger partial charge in [0.25, 0.3) is 0 Å². The monoisotopic (exact) mass is 372 g/mol. The Morgan fingerprint density at radius 1 is 0.852 bits per heavy atom. The number of benzene rings is 2. The lowest BCUT2D eigenvalue weighted by Gasteiger charge is -2.09. The third kappa shape index (κ3) is 2.71. The summed E-state index contributed by atoms with van der Waals surface area (Å²) in [5.74, 6) is 0. The third-order valence-corrected chi connectivity index (χ3v) is 5.78. The second-order valence-corrected chi connectivity index (χ2v) is 7.31. The van der Waals surface area contributed by atoms with Gasteiger partial charge in [-0.25, -0.2) is 4.98 Å². The van der Waals surface area contributed by atoms with Gasteiger partial charge in [-0.2, -0.15) is 0 Å². The van der Waals surface area contributed by atoms with Crippen LogP contribution in [-0.2, 0) is 0 Å². The quantitative estimate of drug-likeness (QED) is 0.341. The Labute approximate surface area is 170 Å². The summed E-state index contributed by atoms with van der Waals surface area (Å²) in [6.45, 7) is -4.57. The fourth-order valence-electron chi connectivity index (χ4n) is 3.34. The fraction of sp³-hybridized carbons (Fsp3) is 0.0833. The highest BCUT2D eigenvalue weighted by molar-refractivity contribution is 7.26. The van der Waals surface area contributed by atoms with Gasteiger partial charge in [0.2, 0.25) is 0 Å². The number of aryl methyl sites for hydroxylation is 2. The molecule has 5 rings (SSSR count). The number of nitrogens with zero attached hydrogens (tertiary/aromatic N) is 2. The van der Waals surface area contributed by atoms with Crippen molar-refractivity contribution in [3.63, 3.8) is 0 Å². The maximum atomic E-state index is 7.95. The van der Waals surface area contributed by atoms with Gasteiger partial charge in [0.15, 0.2) is 0 Å². The lowest BCUT2D eigenvalue weighted by Crippen LogP contribution is -1.89. The van der Waals surface area contributed by atoms with E-state index in [1.807, 2.05) is 54.6 Å². The van der Waals surface area contributed by atoms with Gasteiger partial charge in [0, 0.05) is 41.2 Å². The zero-order chi connectivity index (χ0) is 23.4. The van der Waals surface area contributed by atoms with E-state index in [-0.39, 0.29) is 11.3 Å². The smallest absolute Gasteiger partial charge is 0.124 e. The van der Waals surface area contributed by atoms with Gasteiger partial charge in [-0.15, -0.1) is 11.3 Å². The maximum absolute atomic E-state index is 7.95. The van der Waals surface area contributed by atoms with Gasteiger partial charge < -0.3 is 0 Å². The molecular weight excluding hydrogens is 348 g/mol. The molecule has 130 valence electrons. The number of aromatic nitrogens is 2. The topological polar surface area (TPSA) is 25.8 Å². The molecule has 0 N–H and O–H groups in total. The lowest BCUT2D eigenvalue weighted by atomic mass is 9.99. The molecule has 0 fully saturated rings. The van der Waals surface area contributed by atoms with Crippen molar-refractivity contribution in [1.29, 1.82) is 0 Å². The molecule has 0 amide bonds. The van der Waals surface area contributed by atoms with E-state index in [1.54, 1.807) is 12.1 Å². The van der Waals surface area contributed by atoms with Crippen LogP contribution in [0.2, 0.25) is 0 Å². The van der Waals surface area contributed by atoms with Crippen molar-refractivity contribution in [2.45, 2.75) is 13.7 Å². The van der Waals surface area contributed by atoms with Crippen molar-refractivity contribution in [3.8, 4) is 22.4 Å². The van der Waals surface area contributed by atoms with Crippen LogP contribution in [0.3, 0.4) is 0 Å². The summed E-state index contributed by atoms with van der Waals surface area (Å²) in [5, 5.41) is 1.84. The molecule has 2 aromatic carbocycles. The largest absolute Gasteiger partial charge is 0.256 e. The van der Waals surface area contributed by atoms with Gasteiger partial charge in [-0.3, -0.25) is 4.98 Å². The number of pyridine rings is 2. The Morgan fingerprint density at radius 2 is 1.78 bits per heavy atom. The van der Waals surface area contributed by atoms with E-state index in [1.165, 1.54) is 17.5 Å². The van der Waals surface area contributed by atoms with Crippen molar-refractivity contribution in [2.24, 2.45) is 0 Å². The van der Waals surface area contributed by atoms with Crippen LogP contribution in [0, 0.1) is 13.7 Å².